The van der Waals surface area contributed by atoms with E-state index in [1.165, 1.54) is 0 Å². The summed E-state index contributed by atoms with van der Waals surface area (Å²) in [4.78, 5) is 6.73. The Labute approximate surface area is 143 Å². The predicted octanol–water partition coefficient (Wildman–Crippen LogP) is 2.25. The van der Waals surface area contributed by atoms with Crippen LogP contribution in [0.25, 0.3) is 5.69 Å². The van der Waals surface area contributed by atoms with Gasteiger partial charge in [-0.3, -0.25) is 4.90 Å². The number of rotatable bonds is 4. The third-order valence-corrected chi connectivity index (χ3v) is 5.11. The van der Waals surface area contributed by atoms with E-state index in [1.807, 2.05) is 41.9 Å². The first-order valence-corrected chi connectivity index (χ1v) is 8.79. The summed E-state index contributed by atoms with van der Waals surface area (Å²) >= 11 is 1.63. The highest BCUT2D eigenvalue weighted by atomic mass is 32.1. The summed E-state index contributed by atoms with van der Waals surface area (Å²) in [5.74, 6) is 0.834. The third-order valence-electron chi connectivity index (χ3n) is 4.24. The number of hydrogen-bond acceptors (Lipinski definition) is 7. The Morgan fingerprint density at radius 3 is 2.96 bits per heavy atom. The van der Waals surface area contributed by atoms with Crippen molar-refractivity contribution in [2.24, 2.45) is 0 Å². The van der Waals surface area contributed by atoms with E-state index in [0.29, 0.717) is 6.61 Å². The fraction of sp³-hybridized carbons (Fsp3) is 0.375. The second-order valence-electron chi connectivity index (χ2n) is 5.69. The van der Waals surface area contributed by atoms with Crippen LogP contribution in [0.1, 0.15) is 29.9 Å². The van der Waals surface area contributed by atoms with Crippen molar-refractivity contribution < 1.29 is 4.74 Å². The van der Waals surface area contributed by atoms with Crippen molar-refractivity contribution >= 4 is 11.3 Å². The van der Waals surface area contributed by atoms with Gasteiger partial charge in [-0.1, -0.05) is 18.2 Å². The van der Waals surface area contributed by atoms with E-state index in [2.05, 4.69) is 32.3 Å². The molecule has 0 unspecified atom stereocenters. The maximum absolute atomic E-state index is 5.88. The smallest absolute Gasteiger partial charge is 0.173 e. The molecule has 1 aromatic carbocycles. The van der Waals surface area contributed by atoms with Gasteiger partial charge in [0.1, 0.15) is 11.1 Å². The van der Waals surface area contributed by atoms with Gasteiger partial charge < -0.3 is 4.74 Å². The number of hydrogen-bond donors (Lipinski definition) is 0. The van der Waals surface area contributed by atoms with Gasteiger partial charge >= 0.3 is 0 Å². The lowest BCUT2D eigenvalue weighted by Gasteiger charge is -2.35. The Morgan fingerprint density at radius 2 is 2.17 bits per heavy atom. The predicted molar refractivity (Wildman–Crippen MR) is 89.9 cm³/mol. The SMILES string of the molecule is C[C@@H](c1nnnn1-c1ccccc1)N1CCO[C@H](c2nccs2)C1. The van der Waals surface area contributed by atoms with Gasteiger partial charge in [-0.25, -0.2) is 4.98 Å². The quantitative estimate of drug-likeness (QED) is 0.724. The van der Waals surface area contributed by atoms with Crippen molar-refractivity contribution in [1.82, 2.24) is 30.1 Å². The van der Waals surface area contributed by atoms with Crippen molar-refractivity contribution in [2.75, 3.05) is 19.7 Å². The maximum atomic E-state index is 5.88. The first-order chi connectivity index (χ1) is 11.8. The van der Waals surface area contributed by atoms with Gasteiger partial charge in [0.25, 0.3) is 0 Å². The van der Waals surface area contributed by atoms with Crippen LogP contribution < -0.4 is 0 Å². The normalized spacial score (nSPS) is 20.1. The number of thiazole rings is 1. The molecule has 2 aromatic heterocycles. The van der Waals surface area contributed by atoms with Gasteiger partial charge in [0.2, 0.25) is 0 Å². The van der Waals surface area contributed by atoms with Crippen molar-refractivity contribution in [3.8, 4) is 5.69 Å². The molecule has 0 radical (unpaired) electrons. The number of para-hydroxylation sites is 1. The fourth-order valence-corrected chi connectivity index (χ4v) is 3.61. The molecule has 0 bridgehead atoms. The molecule has 0 spiro atoms. The molecular weight excluding hydrogens is 324 g/mol. The van der Waals surface area contributed by atoms with E-state index < -0.39 is 0 Å². The molecule has 0 saturated carbocycles. The first kappa shape index (κ1) is 15.4. The van der Waals surface area contributed by atoms with E-state index >= 15 is 0 Å². The highest BCUT2D eigenvalue weighted by Crippen LogP contribution is 2.29. The molecule has 3 heterocycles. The minimum atomic E-state index is 0.0160. The minimum absolute atomic E-state index is 0.0160. The molecular formula is C16H18N6OS. The Hall–Kier alpha value is -2.16. The second kappa shape index (κ2) is 6.76. The Kier molecular flexibility index (Phi) is 4.33. The standard InChI is InChI=1S/C16H18N6OS/c1-12(15-18-19-20-22(15)13-5-3-2-4-6-13)21-8-9-23-14(11-21)16-17-7-10-24-16/h2-7,10,12,14H,8-9,11H2,1H3/t12-,14-/m0/s1. The topological polar surface area (TPSA) is 69.0 Å². The number of morpholine rings is 1. The number of ether oxygens (including phenoxy) is 1. The zero-order chi connectivity index (χ0) is 16.4. The highest BCUT2D eigenvalue weighted by molar-refractivity contribution is 7.09. The average Bonchev–Trinajstić information content (AvgIpc) is 3.34. The number of aromatic nitrogens is 5. The fourth-order valence-electron chi connectivity index (χ4n) is 2.93. The van der Waals surface area contributed by atoms with Crippen LogP contribution in [-0.2, 0) is 4.74 Å². The molecule has 0 amide bonds. The molecule has 0 aliphatic carbocycles. The Balaban J connectivity index is 1.56. The lowest BCUT2D eigenvalue weighted by Crippen LogP contribution is -2.40. The van der Waals surface area contributed by atoms with Crippen molar-refractivity contribution in [3.63, 3.8) is 0 Å². The second-order valence-corrected chi connectivity index (χ2v) is 6.61. The Bertz CT molecular complexity index is 775. The van der Waals surface area contributed by atoms with Crippen LogP contribution in [-0.4, -0.2) is 49.8 Å². The van der Waals surface area contributed by atoms with Gasteiger partial charge in [0, 0.05) is 24.7 Å². The zero-order valence-electron chi connectivity index (χ0n) is 13.3. The molecule has 1 fully saturated rings. The van der Waals surface area contributed by atoms with E-state index in [0.717, 1.165) is 29.6 Å². The number of benzene rings is 1. The molecule has 1 aliphatic heterocycles. The van der Waals surface area contributed by atoms with Gasteiger partial charge in [0.15, 0.2) is 5.82 Å². The van der Waals surface area contributed by atoms with Gasteiger partial charge in [-0.05, 0) is 29.5 Å². The van der Waals surface area contributed by atoms with E-state index in [1.54, 1.807) is 16.0 Å². The zero-order valence-corrected chi connectivity index (χ0v) is 14.1. The monoisotopic (exact) mass is 342 g/mol. The summed E-state index contributed by atoms with van der Waals surface area (Å²) in [6.07, 6.45) is 1.84. The molecule has 8 heteroatoms. The number of nitrogens with zero attached hydrogens (tertiary/aromatic N) is 6. The summed E-state index contributed by atoms with van der Waals surface area (Å²) in [5, 5.41) is 15.3. The van der Waals surface area contributed by atoms with Crippen LogP contribution in [0.2, 0.25) is 0 Å². The van der Waals surface area contributed by atoms with E-state index in [-0.39, 0.29) is 12.1 Å². The van der Waals surface area contributed by atoms with Crippen molar-refractivity contribution in [3.05, 3.63) is 52.7 Å². The third kappa shape index (κ3) is 2.95. The molecule has 1 saturated heterocycles. The highest BCUT2D eigenvalue weighted by Gasteiger charge is 2.30. The lowest BCUT2D eigenvalue weighted by molar-refractivity contribution is -0.0445. The van der Waals surface area contributed by atoms with Crippen molar-refractivity contribution in [1.29, 1.82) is 0 Å². The largest absolute Gasteiger partial charge is 0.368 e. The lowest BCUT2D eigenvalue weighted by atomic mass is 10.2. The van der Waals surface area contributed by atoms with Gasteiger partial charge in [0.05, 0.1) is 18.3 Å². The van der Waals surface area contributed by atoms with Gasteiger partial charge in [-0.2, -0.15) is 4.68 Å². The molecule has 7 nitrogen and oxygen atoms in total. The van der Waals surface area contributed by atoms with Crippen LogP contribution in [0.5, 0.6) is 0 Å². The van der Waals surface area contributed by atoms with Crippen LogP contribution in [0, 0.1) is 0 Å². The molecule has 24 heavy (non-hydrogen) atoms. The average molecular weight is 342 g/mol. The minimum Gasteiger partial charge on any atom is -0.368 e. The molecule has 4 rings (SSSR count). The van der Waals surface area contributed by atoms with Crippen LogP contribution >= 0.6 is 11.3 Å². The van der Waals surface area contributed by atoms with E-state index in [4.69, 9.17) is 4.74 Å². The van der Waals surface area contributed by atoms with Crippen LogP contribution in [0.15, 0.2) is 41.9 Å². The molecule has 0 N–H and O–H groups in total. The molecule has 1 aliphatic rings. The summed E-state index contributed by atoms with van der Waals surface area (Å²) < 4.78 is 7.69. The summed E-state index contributed by atoms with van der Waals surface area (Å²) in [7, 11) is 0. The molecule has 2 atom stereocenters. The molecule has 3 aromatic rings. The van der Waals surface area contributed by atoms with E-state index in [9.17, 15) is 0 Å². The van der Waals surface area contributed by atoms with Crippen LogP contribution in [0.3, 0.4) is 0 Å². The first-order valence-electron chi connectivity index (χ1n) is 7.91. The molecule has 124 valence electrons. The Morgan fingerprint density at radius 1 is 1.29 bits per heavy atom. The number of tetrazole rings is 1. The van der Waals surface area contributed by atoms with Crippen molar-refractivity contribution in [2.45, 2.75) is 19.1 Å². The summed E-state index contributed by atoms with van der Waals surface area (Å²) in [6.45, 7) is 4.46. The summed E-state index contributed by atoms with van der Waals surface area (Å²) in [5.41, 5.74) is 0.967. The van der Waals surface area contributed by atoms with Crippen LogP contribution in [0.4, 0.5) is 0 Å². The maximum Gasteiger partial charge on any atom is 0.173 e. The summed E-state index contributed by atoms with van der Waals surface area (Å²) in [6, 6.07) is 10.1. The van der Waals surface area contributed by atoms with Gasteiger partial charge in [-0.15, -0.1) is 16.4 Å².